The van der Waals surface area contributed by atoms with E-state index in [1.807, 2.05) is 23.6 Å². The maximum absolute atomic E-state index is 4.58. The van der Waals surface area contributed by atoms with Gasteiger partial charge in [0.2, 0.25) is 0 Å². The van der Waals surface area contributed by atoms with Gasteiger partial charge in [0.15, 0.2) is 0 Å². The van der Waals surface area contributed by atoms with Crippen molar-refractivity contribution in [3.8, 4) is 0 Å². The number of fused-ring (bicyclic) bond motifs is 2. The highest BCUT2D eigenvalue weighted by atomic mass is 32.1. The predicted octanol–water partition coefficient (Wildman–Crippen LogP) is 4.42. The Labute approximate surface area is 129 Å². The van der Waals surface area contributed by atoms with Gasteiger partial charge in [0, 0.05) is 35.6 Å². The van der Waals surface area contributed by atoms with Gasteiger partial charge in [0.05, 0.1) is 5.52 Å². The minimum absolute atomic E-state index is 0.499. The second-order valence-electron chi connectivity index (χ2n) is 5.69. The highest BCUT2D eigenvalue weighted by Gasteiger charge is 2.24. The first-order valence-electron chi connectivity index (χ1n) is 7.46. The molecule has 0 amide bonds. The van der Waals surface area contributed by atoms with Gasteiger partial charge in [-0.3, -0.25) is 9.88 Å². The standard InChI is InChI=1S/C18H18N2S/c1-13-16-8-11-21-17(16)7-10-20(13)12-15-5-2-4-14-6-3-9-19-18(14)15/h2-6,8-9,11,13H,7,10,12H2,1H3/t13-/m0/s1. The number of rotatable bonds is 2. The third-order valence-corrected chi connectivity index (χ3v) is 5.49. The van der Waals surface area contributed by atoms with Crippen LogP contribution < -0.4 is 0 Å². The van der Waals surface area contributed by atoms with Crippen LogP contribution in [0.3, 0.4) is 0 Å². The lowest BCUT2D eigenvalue weighted by molar-refractivity contribution is 0.192. The summed E-state index contributed by atoms with van der Waals surface area (Å²) in [5, 5.41) is 3.46. The molecule has 4 rings (SSSR count). The summed E-state index contributed by atoms with van der Waals surface area (Å²) >= 11 is 1.90. The SMILES string of the molecule is C[C@H]1c2ccsc2CCN1Cc1cccc2cccnc12. The Balaban J connectivity index is 1.67. The molecule has 0 fully saturated rings. The summed E-state index contributed by atoms with van der Waals surface area (Å²) in [6.45, 7) is 4.44. The van der Waals surface area contributed by atoms with Crippen molar-refractivity contribution in [1.82, 2.24) is 9.88 Å². The maximum atomic E-state index is 4.58. The van der Waals surface area contributed by atoms with Crippen molar-refractivity contribution in [2.45, 2.75) is 25.9 Å². The molecular weight excluding hydrogens is 276 g/mol. The normalized spacial score (nSPS) is 18.8. The monoisotopic (exact) mass is 294 g/mol. The lowest BCUT2D eigenvalue weighted by atomic mass is 10.00. The fourth-order valence-electron chi connectivity index (χ4n) is 3.29. The van der Waals surface area contributed by atoms with Gasteiger partial charge >= 0.3 is 0 Å². The van der Waals surface area contributed by atoms with E-state index in [9.17, 15) is 0 Å². The minimum atomic E-state index is 0.499. The smallest absolute Gasteiger partial charge is 0.0746 e. The summed E-state index contributed by atoms with van der Waals surface area (Å²) in [6.07, 6.45) is 3.07. The van der Waals surface area contributed by atoms with E-state index >= 15 is 0 Å². The number of pyridine rings is 1. The third kappa shape index (κ3) is 2.27. The van der Waals surface area contributed by atoms with Crippen molar-refractivity contribution in [3.05, 3.63) is 64.0 Å². The van der Waals surface area contributed by atoms with Crippen molar-refractivity contribution < 1.29 is 0 Å². The molecule has 0 aliphatic carbocycles. The predicted molar refractivity (Wildman–Crippen MR) is 88.6 cm³/mol. The van der Waals surface area contributed by atoms with Crippen molar-refractivity contribution in [1.29, 1.82) is 0 Å². The Morgan fingerprint density at radius 2 is 2.14 bits per heavy atom. The number of para-hydroxylation sites is 1. The molecule has 0 saturated carbocycles. The van der Waals surface area contributed by atoms with Crippen molar-refractivity contribution in [2.24, 2.45) is 0 Å². The number of nitrogens with zero attached hydrogens (tertiary/aromatic N) is 2. The van der Waals surface area contributed by atoms with E-state index < -0.39 is 0 Å². The summed E-state index contributed by atoms with van der Waals surface area (Å²) in [7, 11) is 0. The van der Waals surface area contributed by atoms with Gasteiger partial charge in [-0.05, 0) is 42.0 Å². The molecule has 2 aromatic heterocycles. The molecule has 3 aromatic rings. The van der Waals surface area contributed by atoms with Crippen LogP contribution in [0.15, 0.2) is 48.0 Å². The summed E-state index contributed by atoms with van der Waals surface area (Å²) in [6, 6.07) is 13.4. The zero-order valence-electron chi connectivity index (χ0n) is 12.1. The molecule has 1 aromatic carbocycles. The lowest BCUT2D eigenvalue weighted by Crippen LogP contribution is -2.32. The molecule has 106 valence electrons. The fourth-order valence-corrected chi connectivity index (χ4v) is 4.25. The zero-order valence-corrected chi connectivity index (χ0v) is 12.9. The molecule has 1 aliphatic rings. The molecule has 0 bridgehead atoms. The van der Waals surface area contributed by atoms with Gasteiger partial charge < -0.3 is 0 Å². The molecule has 0 saturated heterocycles. The molecule has 3 heteroatoms. The van der Waals surface area contributed by atoms with Crippen LogP contribution in [0.25, 0.3) is 10.9 Å². The molecule has 21 heavy (non-hydrogen) atoms. The number of hydrogen-bond donors (Lipinski definition) is 0. The number of benzene rings is 1. The van der Waals surface area contributed by atoms with Crippen LogP contribution in [0.5, 0.6) is 0 Å². The first-order valence-corrected chi connectivity index (χ1v) is 8.34. The van der Waals surface area contributed by atoms with Crippen LogP contribution >= 0.6 is 11.3 Å². The van der Waals surface area contributed by atoms with Crippen molar-refractivity contribution >= 4 is 22.2 Å². The van der Waals surface area contributed by atoms with E-state index in [0.717, 1.165) is 18.6 Å². The van der Waals surface area contributed by atoms with Crippen LogP contribution in [-0.2, 0) is 13.0 Å². The van der Waals surface area contributed by atoms with Crippen LogP contribution in [-0.4, -0.2) is 16.4 Å². The summed E-state index contributed by atoms with van der Waals surface area (Å²) in [5.41, 5.74) is 3.99. The van der Waals surface area contributed by atoms with E-state index in [0.29, 0.717) is 6.04 Å². The molecule has 0 radical (unpaired) electrons. The van der Waals surface area contributed by atoms with Crippen molar-refractivity contribution in [3.63, 3.8) is 0 Å². The Morgan fingerprint density at radius 3 is 3.10 bits per heavy atom. The average molecular weight is 294 g/mol. The number of hydrogen-bond acceptors (Lipinski definition) is 3. The second kappa shape index (κ2) is 5.24. The first kappa shape index (κ1) is 13.0. The van der Waals surface area contributed by atoms with Gasteiger partial charge in [0.25, 0.3) is 0 Å². The molecule has 0 N–H and O–H groups in total. The topological polar surface area (TPSA) is 16.1 Å². The van der Waals surface area contributed by atoms with Gasteiger partial charge in [-0.1, -0.05) is 24.3 Å². The molecular formula is C18H18N2S. The summed E-state index contributed by atoms with van der Waals surface area (Å²) < 4.78 is 0. The molecule has 0 unspecified atom stereocenters. The highest BCUT2D eigenvalue weighted by molar-refractivity contribution is 7.10. The van der Waals surface area contributed by atoms with E-state index in [4.69, 9.17) is 0 Å². The van der Waals surface area contributed by atoms with E-state index in [1.165, 1.54) is 22.9 Å². The first-order chi connectivity index (χ1) is 10.3. The Kier molecular flexibility index (Phi) is 3.24. The summed E-state index contributed by atoms with van der Waals surface area (Å²) in [4.78, 5) is 8.71. The molecule has 3 heterocycles. The third-order valence-electron chi connectivity index (χ3n) is 4.49. The Hall–Kier alpha value is -1.71. The largest absolute Gasteiger partial charge is 0.292 e. The Morgan fingerprint density at radius 1 is 1.24 bits per heavy atom. The highest BCUT2D eigenvalue weighted by Crippen LogP contribution is 2.34. The molecule has 1 atom stereocenters. The van der Waals surface area contributed by atoms with E-state index in [2.05, 4.69) is 52.5 Å². The number of aromatic nitrogens is 1. The molecule has 0 spiro atoms. The van der Waals surface area contributed by atoms with Crippen LogP contribution in [0.4, 0.5) is 0 Å². The van der Waals surface area contributed by atoms with Crippen LogP contribution in [0.2, 0.25) is 0 Å². The molecule has 1 aliphatic heterocycles. The van der Waals surface area contributed by atoms with Crippen LogP contribution in [0, 0.1) is 0 Å². The van der Waals surface area contributed by atoms with Gasteiger partial charge in [-0.15, -0.1) is 11.3 Å². The Bertz CT molecular complexity index is 772. The lowest BCUT2D eigenvalue weighted by Gasteiger charge is -2.33. The quantitative estimate of drug-likeness (QED) is 0.695. The fraction of sp³-hybridized carbons (Fsp3) is 0.278. The minimum Gasteiger partial charge on any atom is -0.292 e. The zero-order chi connectivity index (χ0) is 14.2. The maximum Gasteiger partial charge on any atom is 0.0746 e. The molecule has 2 nitrogen and oxygen atoms in total. The number of thiophene rings is 1. The second-order valence-corrected chi connectivity index (χ2v) is 6.69. The van der Waals surface area contributed by atoms with E-state index in [1.54, 1.807) is 4.88 Å². The van der Waals surface area contributed by atoms with Gasteiger partial charge in [-0.25, -0.2) is 0 Å². The van der Waals surface area contributed by atoms with E-state index in [-0.39, 0.29) is 0 Å². The average Bonchev–Trinajstić information content (AvgIpc) is 3.00. The van der Waals surface area contributed by atoms with Crippen molar-refractivity contribution in [2.75, 3.05) is 6.54 Å². The van der Waals surface area contributed by atoms with Gasteiger partial charge in [0.1, 0.15) is 0 Å². The van der Waals surface area contributed by atoms with Crippen LogP contribution in [0.1, 0.15) is 29.0 Å². The summed E-state index contributed by atoms with van der Waals surface area (Å²) in [5.74, 6) is 0. The van der Waals surface area contributed by atoms with Gasteiger partial charge in [-0.2, -0.15) is 0 Å².